The quantitative estimate of drug-likeness (QED) is 0.0106. The third-order valence-corrected chi connectivity index (χ3v) is 17.2. The van der Waals surface area contributed by atoms with Gasteiger partial charge in [-0.1, -0.05) is 114 Å². The van der Waals surface area contributed by atoms with Crippen LogP contribution in [0.4, 0.5) is 0 Å². The number of terminal acetylenes is 1. The van der Waals surface area contributed by atoms with E-state index >= 15 is 0 Å². The Labute approximate surface area is 808 Å². The number of amides is 2. The Morgan fingerprint density at radius 1 is 0.338 bits per heavy atom. The molecule has 0 bridgehead atoms. The molecule has 674 valence electrons. The predicted octanol–water partition coefficient (Wildman–Crippen LogP) is 15.0. The van der Waals surface area contributed by atoms with Gasteiger partial charge < -0.3 is 40.2 Å². The van der Waals surface area contributed by atoms with E-state index in [0.29, 0.717) is 83.1 Å². The summed E-state index contributed by atoms with van der Waals surface area (Å²) in [5, 5.41) is 23.5. The zero-order valence-corrected chi connectivity index (χ0v) is 79.8. The Morgan fingerprint density at radius 2 is 0.640 bits per heavy atom. The van der Waals surface area contributed by atoms with Crippen molar-refractivity contribution in [1.29, 1.82) is 0 Å². The Balaban J connectivity index is 0.00000191. The summed E-state index contributed by atoms with van der Waals surface area (Å²) in [6.07, 6.45) is 14.2. The van der Waals surface area contributed by atoms with Crippen molar-refractivity contribution in [2.45, 2.75) is 195 Å². The van der Waals surface area contributed by atoms with Gasteiger partial charge in [-0.15, -0.1) is 6.42 Å². The lowest BCUT2D eigenvalue weighted by Gasteiger charge is -2.23. The van der Waals surface area contributed by atoms with Crippen LogP contribution < -0.4 is 30.7 Å². The number of hydrogen-bond donors (Lipinski definition) is 4. The molecule has 3 rings (SSSR count). The summed E-state index contributed by atoms with van der Waals surface area (Å²) in [6, 6.07) is 22.0. The second kappa shape index (κ2) is 76.8. The molecule has 3 aromatic carbocycles. The number of carbonyl (C=O) groups excluding carboxylic acids is 3. The molecular weight excluding hydrogens is 1690 g/mol. The molecule has 20 heteroatoms. The summed E-state index contributed by atoms with van der Waals surface area (Å²) in [4.78, 5) is 45.1. The molecule has 4 N–H and O–H groups in total. The van der Waals surface area contributed by atoms with Crippen LogP contribution >= 0.6 is 0 Å². The van der Waals surface area contributed by atoms with Crippen LogP contribution in [-0.4, -0.2) is 112 Å². The maximum absolute atomic E-state index is 12.2. The minimum atomic E-state index is -0.459. The van der Waals surface area contributed by atoms with Gasteiger partial charge in [0, 0.05) is 298 Å². The smallest absolute Gasteiger partial charge is 0.251 e. The standard InChI is InChI=1S/C55H4.C23H39N5O4.C20H32N4O2.C18H28N4O/c1-3-5-7-9-11-13-15-17-19-21-23-25-27-29-31-33-35-37-39-41-43-45-47-49-51-53-55-54-52-50-48-46-44-42-40-38-36-34-32-30-28-26-24-22-20-18-16-14-12-10-8-6-4-2;1-22(2,25-5)11-6-14-32-20-9-7-19(8-10-20)21(29)26-13-16-31-18-17-30-15-12-23(3,4)27-28-24;1-6-19(2,3)13-15-26-17-10-8-16(9-11-17)18(25)22-14-7-12-20(4,5)23-24-21;1-17(2,20-5)12-6-7-16(23)15-10-8-14(9-11-15)13-18(3,4)21-22-19/h1H,2H3;7-10,25H,6,11-18H2,1-5H3,(H,26,29);8-11H,6-7,12-15H2,1-5H3,(H,22,25);8-11,20H,6-7,12-13H2,1-5H3. The number of nitrogens with one attached hydrogen (secondary N) is 4. The molecule has 3 aromatic rings. The highest BCUT2D eigenvalue weighted by Gasteiger charge is 2.21. The summed E-state index contributed by atoms with van der Waals surface area (Å²) in [5.74, 6) is 133. The first kappa shape index (κ1) is 118. The Kier molecular flexibility index (Phi) is 66.5. The molecule has 0 aliphatic rings. The fraction of sp³-hybridized carbons (Fsp3) is 0.353. The van der Waals surface area contributed by atoms with Crippen molar-refractivity contribution in [2.24, 2.45) is 20.8 Å². The summed E-state index contributed by atoms with van der Waals surface area (Å²) in [6.45, 7) is 32.3. The molecule has 0 saturated carbocycles. The topological polar surface area (TPSA) is 283 Å². The third-order valence-electron chi connectivity index (χ3n) is 17.2. The molecule has 136 heavy (non-hydrogen) atoms. The van der Waals surface area contributed by atoms with Crippen LogP contribution in [0, 0.1) is 326 Å². The van der Waals surface area contributed by atoms with E-state index in [2.05, 4.69) is 414 Å². The third kappa shape index (κ3) is 72.8. The predicted molar refractivity (Wildman–Crippen MR) is 543 cm³/mol. The van der Waals surface area contributed by atoms with E-state index in [-0.39, 0.29) is 34.1 Å². The van der Waals surface area contributed by atoms with Gasteiger partial charge in [-0.2, -0.15) is 0 Å². The highest BCUT2D eigenvalue weighted by molar-refractivity contribution is 5.96. The van der Waals surface area contributed by atoms with E-state index in [4.69, 9.17) is 42.0 Å². The fourth-order valence-electron chi connectivity index (χ4n) is 9.06. The average Bonchev–Trinajstić information content (AvgIpc) is 0.860. The van der Waals surface area contributed by atoms with E-state index in [9.17, 15) is 14.4 Å². The van der Waals surface area contributed by atoms with Crippen LogP contribution in [0.3, 0.4) is 0 Å². The number of rotatable bonds is 37. The van der Waals surface area contributed by atoms with Crippen LogP contribution in [0.5, 0.6) is 11.5 Å². The first-order valence-corrected chi connectivity index (χ1v) is 42.2. The summed E-state index contributed by atoms with van der Waals surface area (Å²) >= 11 is 0. The maximum atomic E-state index is 12.2. The molecular formula is C116H103N13O7. The number of ketones is 1. The highest BCUT2D eigenvalue weighted by atomic mass is 16.5. The zero-order chi connectivity index (χ0) is 100. The molecule has 20 nitrogen and oxygen atoms in total. The van der Waals surface area contributed by atoms with E-state index in [1.54, 1.807) is 31.2 Å². The van der Waals surface area contributed by atoms with E-state index in [1.165, 1.54) is 0 Å². The second-order valence-corrected chi connectivity index (χ2v) is 30.9. The summed E-state index contributed by atoms with van der Waals surface area (Å²) in [5.41, 5.74) is 27.7. The maximum Gasteiger partial charge on any atom is 0.251 e. The fourth-order valence-corrected chi connectivity index (χ4v) is 9.06. The van der Waals surface area contributed by atoms with Crippen molar-refractivity contribution in [1.82, 2.24) is 21.3 Å². The molecule has 0 aliphatic carbocycles. The van der Waals surface area contributed by atoms with E-state index in [1.807, 2.05) is 104 Å². The Bertz CT molecular complexity index is 6680. The van der Waals surface area contributed by atoms with Gasteiger partial charge in [0.2, 0.25) is 0 Å². The molecule has 0 atom stereocenters. The second-order valence-electron chi connectivity index (χ2n) is 30.9. The normalized spacial score (nSPS) is 8.55. The van der Waals surface area contributed by atoms with Gasteiger partial charge in [0.05, 0.1) is 33.0 Å². The number of Topliss-reactive ketones (excluding diaryl/α,β-unsaturated/α-hetero) is 1. The van der Waals surface area contributed by atoms with Gasteiger partial charge in [-0.05, 0) is 277 Å². The molecule has 0 saturated heterocycles. The SMILES string of the molecule is C#CC#CC#CC#CC#CC#CC#CC#CC#CC#CC#CC#CC#CC#CC#CC#CC#CC#CC#CC#CC#CC#CC#CC#CC#CC#CC#CC.CCC(C)(C)CCOc1ccc(C(=O)NCCCC(C)(C)N=[N+]=[N-])cc1.CNC(C)(C)CCCC(=O)c1ccc(CC(C)(C)N=[N+]=[N-])cc1.CNC(C)(C)CCCOc1ccc(C(=O)NCCOCCOCCC(C)(C)N=[N+]=[N-])cc1. The van der Waals surface area contributed by atoms with Crippen molar-refractivity contribution < 1.29 is 33.3 Å². The number of azide groups is 3. The van der Waals surface area contributed by atoms with E-state index in [0.717, 1.165) is 74.0 Å². The van der Waals surface area contributed by atoms with E-state index < -0.39 is 16.6 Å². The van der Waals surface area contributed by atoms with Gasteiger partial charge in [0.25, 0.3) is 11.8 Å². The minimum absolute atomic E-state index is 0.0664. The molecule has 0 radical (unpaired) electrons. The molecule has 0 fully saturated rings. The summed E-state index contributed by atoms with van der Waals surface area (Å²) in [7, 11) is 3.91. The van der Waals surface area contributed by atoms with Crippen molar-refractivity contribution >= 4 is 17.6 Å². The first-order valence-electron chi connectivity index (χ1n) is 42.2. The number of benzene rings is 3. The molecule has 0 heterocycles. The highest BCUT2D eigenvalue weighted by Crippen LogP contribution is 2.26. The lowest BCUT2D eigenvalue weighted by Crippen LogP contribution is -2.36. The number of hydrogen-bond acceptors (Lipinski definition) is 12. The van der Waals surface area contributed by atoms with Crippen molar-refractivity contribution in [2.75, 3.05) is 66.8 Å². The average molecular weight is 1790 g/mol. The molecule has 0 unspecified atom stereocenters. The van der Waals surface area contributed by atoms with Crippen LogP contribution in [0.2, 0.25) is 0 Å². The van der Waals surface area contributed by atoms with Crippen LogP contribution in [0.15, 0.2) is 88.1 Å². The monoisotopic (exact) mass is 1790 g/mol. The zero-order valence-electron chi connectivity index (χ0n) is 79.8. The largest absolute Gasteiger partial charge is 0.494 e. The van der Waals surface area contributed by atoms with Gasteiger partial charge >= 0.3 is 0 Å². The summed E-state index contributed by atoms with van der Waals surface area (Å²) < 4.78 is 22.4. The van der Waals surface area contributed by atoms with Crippen molar-refractivity contribution in [3.63, 3.8) is 0 Å². The van der Waals surface area contributed by atoms with Crippen LogP contribution in [-0.2, 0) is 15.9 Å². The Morgan fingerprint density at radius 3 is 0.971 bits per heavy atom. The Hall–Kier alpha value is -18.2. The first-order chi connectivity index (χ1) is 65.5. The lowest BCUT2D eigenvalue weighted by atomic mass is 9.87. The molecule has 0 aromatic heterocycles. The van der Waals surface area contributed by atoms with Gasteiger partial charge in [0.15, 0.2) is 5.78 Å². The van der Waals surface area contributed by atoms with Crippen LogP contribution in [0.1, 0.15) is 198 Å². The molecule has 0 aliphatic heterocycles. The van der Waals surface area contributed by atoms with Gasteiger partial charge in [-0.3, -0.25) is 14.4 Å². The van der Waals surface area contributed by atoms with Gasteiger partial charge in [0.1, 0.15) is 11.5 Å². The molecule has 0 spiro atoms. The van der Waals surface area contributed by atoms with Crippen molar-refractivity contribution in [3.05, 3.63) is 126 Å². The van der Waals surface area contributed by atoms with Crippen LogP contribution in [0.25, 0.3) is 31.3 Å². The number of carbonyl (C=O) groups is 3. The molecule has 2 amide bonds. The number of nitrogens with zero attached hydrogens (tertiary/aromatic N) is 9. The number of ether oxygens (including phenoxy) is 4. The van der Waals surface area contributed by atoms with Crippen molar-refractivity contribution in [3.8, 4) is 332 Å². The lowest BCUT2D eigenvalue weighted by molar-refractivity contribution is 0.0432. The van der Waals surface area contributed by atoms with Gasteiger partial charge in [-0.25, -0.2) is 0 Å². The minimum Gasteiger partial charge on any atom is -0.494 e.